The minimum Gasteiger partial charge on any atom is -0.485 e. The van der Waals surface area contributed by atoms with Crippen LogP contribution in [0.4, 0.5) is 0 Å². The van der Waals surface area contributed by atoms with Gasteiger partial charge in [-0.15, -0.1) is 0 Å². The van der Waals surface area contributed by atoms with Gasteiger partial charge in [0.05, 0.1) is 0 Å². The molecule has 5 nitrogen and oxygen atoms in total. The Morgan fingerprint density at radius 2 is 2.37 bits per heavy atom. The molecule has 1 aromatic carbocycles. The van der Waals surface area contributed by atoms with Crippen LogP contribution in [0, 0.1) is 6.92 Å². The third-order valence-corrected chi connectivity index (χ3v) is 3.42. The number of hydrogen-bond acceptors (Lipinski definition) is 5. The van der Waals surface area contributed by atoms with Crippen LogP contribution in [-0.4, -0.2) is 10.1 Å². The highest BCUT2D eigenvalue weighted by Crippen LogP contribution is 2.30. The molecule has 0 saturated heterocycles. The van der Waals surface area contributed by atoms with E-state index in [0.29, 0.717) is 18.3 Å². The number of aryl methyl sites for hydroxylation is 2. The Morgan fingerprint density at radius 1 is 1.47 bits per heavy atom. The number of benzene rings is 1. The van der Waals surface area contributed by atoms with E-state index in [2.05, 4.69) is 16.2 Å². The first kappa shape index (κ1) is 12.2. The zero-order valence-electron chi connectivity index (χ0n) is 10.9. The molecule has 0 spiro atoms. The number of hydrogen-bond donors (Lipinski definition) is 1. The molecule has 1 unspecified atom stereocenters. The Kier molecular flexibility index (Phi) is 3.21. The summed E-state index contributed by atoms with van der Waals surface area (Å²) in [6.07, 6.45) is 3.31. The summed E-state index contributed by atoms with van der Waals surface area (Å²) in [6, 6.07) is 6.24. The van der Waals surface area contributed by atoms with Crippen molar-refractivity contribution in [2.45, 2.75) is 38.8 Å². The van der Waals surface area contributed by atoms with Gasteiger partial charge in [-0.25, -0.2) is 0 Å². The molecule has 1 atom stereocenters. The van der Waals surface area contributed by atoms with E-state index in [1.54, 1.807) is 6.92 Å². The average Bonchev–Trinajstić information content (AvgIpc) is 2.83. The number of aromatic nitrogens is 2. The fraction of sp³-hybridized carbons (Fsp3) is 0.429. The highest BCUT2D eigenvalue weighted by Gasteiger charge is 2.17. The average molecular weight is 259 g/mol. The van der Waals surface area contributed by atoms with E-state index in [1.807, 2.05) is 12.1 Å². The standard InChI is InChI=1S/C14H17N3O2/c1-9-16-14(17-19-9)8-18-11-6-5-10-3-2-4-13(15)12(10)7-11/h5-7,13H,2-4,8,15H2,1H3. The molecule has 0 fully saturated rings. The van der Waals surface area contributed by atoms with Gasteiger partial charge in [0.1, 0.15) is 5.75 Å². The van der Waals surface area contributed by atoms with Crippen LogP contribution in [0.1, 0.15) is 41.7 Å². The van der Waals surface area contributed by atoms with Crippen LogP contribution in [0.2, 0.25) is 0 Å². The topological polar surface area (TPSA) is 74.2 Å². The fourth-order valence-electron chi connectivity index (χ4n) is 2.45. The molecule has 1 aliphatic rings. The van der Waals surface area contributed by atoms with E-state index >= 15 is 0 Å². The fourth-order valence-corrected chi connectivity index (χ4v) is 2.45. The van der Waals surface area contributed by atoms with Crippen LogP contribution in [0.25, 0.3) is 0 Å². The van der Waals surface area contributed by atoms with Crippen molar-refractivity contribution >= 4 is 0 Å². The van der Waals surface area contributed by atoms with Gasteiger partial charge in [-0.05, 0) is 42.5 Å². The third kappa shape index (κ3) is 2.61. The number of rotatable bonds is 3. The van der Waals surface area contributed by atoms with Crippen molar-refractivity contribution < 1.29 is 9.26 Å². The lowest BCUT2D eigenvalue weighted by atomic mass is 9.88. The molecule has 2 aromatic rings. The summed E-state index contributed by atoms with van der Waals surface area (Å²) in [4.78, 5) is 4.10. The lowest BCUT2D eigenvalue weighted by molar-refractivity contribution is 0.285. The van der Waals surface area contributed by atoms with Crippen LogP contribution < -0.4 is 10.5 Å². The summed E-state index contributed by atoms with van der Waals surface area (Å²) >= 11 is 0. The number of ether oxygens (including phenoxy) is 1. The van der Waals surface area contributed by atoms with E-state index in [-0.39, 0.29) is 6.04 Å². The highest BCUT2D eigenvalue weighted by molar-refractivity contribution is 5.39. The van der Waals surface area contributed by atoms with E-state index < -0.39 is 0 Å². The molecule has 2 N–H and O–H groups in total. The summed E-state index contributed by atoms with van der Waals surface area (Å²) in [7, 11) is 0. The van der Waals surface area contributed by atoms with Crippen molar-refractivity contribution in [1.29, 1.82) is 0 Å². The molecular formula is C14H17N3O2. The Labute approximate surface area is 111 Å². The second kappa shape index (κ2) is 5.01. The van der Waals surface area contributed by atoms with E-state index in [0.717, 1.165) is 25.0 Å². The van der Waals surface area contributed by atoms with Gasteiger partial charge < -0.3 is 15.0 Å². The molecule has 1 heterocycles. The molecule has 100 valence electrons. The summed E-state index contributed by atoms with van der Waals surface area (Å²) < 4.78 is 10.6. The zero-order chi connectivity index (χ0) is 13.2. The van der Waals surface area contributed by atoms with Gasteiger partial charge in [-0.1, -0.05) is 11.2 Å². The van der Waals surface area contributed by atoms with Crippen LogP contribution in [-0.2, 0) is 13.0 Å². The van der Waals surface area contributed by atoms with Gasteiger partial charge in [-0.3, -0.25) is 0 Å². The molecule has 3 rings (SSSR count). The monoisotopic (exact) mass is 259 g/mol. The van der Waals surface area contributed by atoms with Crippen LogP contribution in [0.15, 0.2) is 22.7 Å². The maximum atomic E-state index is 6.13. The van der Waals surface area contributed by atoms with Crippen LogP contribution in [0.5, 0.6) is 5.75 Å². The van der Waals surface area contributed by atoms with Gasteiger partial charge in [0.25, 0.3) is 0 Å². The van der Waals surface area contributed by atoms with E-state index in [1.165, 1.54) is 11.1 Å². The SMILES string of the molecule is Cc1nc(COc2ccc3c(c2)C(N)CCC3)no1. The van der Waals surface area contributed by atoms with Gasteiger partial charge in [-0.2, -0.15) is 4.98 Å². The first-order valence-electron chi connectivity index (χ1n) is 6.53. The molecule has 1 aromatic heterocycles. The first-order chi connectivity index (χ1) is 9.22. The first-order valence-corrected chi connectivity index (χ1v) is 6.53. The molecule has 0 bridgehead atoms. The second-order valence-electron chi connectivity index (χ2n) is 4.88. The van der Waals surface area contributed by atoms with Crippen molar-refractivity contribution in [2.24, 2.45) is 5.73 Å². The summed E-state index contributed by atoms with van der Waals surface area (Å²) in [6.45, 7) is 2.07. The predicted molar refractivity (Wildman–Crippen MR) is 69.7 cm³/mol. The molecule has 0 saturated carbocycles. The highest BCUT2D eigenvalue weighted by atomic mass is 16.5. The molecule has 0 radical (unpaired) electrons. The lowest BCUT2D eigenvalue weighted by Crippen LogP contribution is -2.17. The Morgan fingerprint density at radius 3 is 3.16 bits per heavy atom. The number of fused-ring (bicyclic) bond motifs is 1. The van der Waals surface area contributed by atoms with Crippen molar-refractivity contribution in [3.8, 4) is 5.75 Å². The van der Waals surface area contributed by atoms with Crippen LogP contribution in [0.3, 0.4) is 0 Å². The minimum absolute atomic E-state index is 0.125. The van der Waals surface area contributed by atoms with Crippen molar-refractivity contribution in [3.05, 3.63) is 41.0 Å². The molecule has 0 aliphatic heterocycles. The van der Waals surface area contributed by atoms with Gasteiger partial charge in [0, 0.05) is 13.0 Å². The van der Waals surface area contributed by atoms with Gasteiger partial charge >= 0.3 is 0 Å². The Bertz CT molecular complexity index is 580. The molecule has 5 heteroatoms. The van der Waals surface area contributed by atoms with Gasteiger partial charge in [0.15, 0.2) is 6.61 Å². The van der Waals surface area contributed by atoms with E-state index in [4.69, 9.17) is 15.0 Å². The lowest BCUT2D eigenvalue weighted by Gasteiger charge is -2.22. The zero-order valence-corrected chi connectivity index (χ0v) is 10.9. The molecule has 19 heavy (non-hydrogen) atoms. The Hall–Kier alpha value is -1.88. The maximum Gasteiger partial charge on any atom is 0.223 e. The summed E-state index contributed by atoms with van der Waals surface area (Å²) in [5, 5.41) is 3.80. The summed E-state index contributed by atoms with van der Waals surface area (Å²) in [5.41, 5.74) is 8.67. The quantitative estimate of drug-likeness (QED) is 0.915. The predicted octanol–water partition coefficient (Wildman–Crippen LogP) is 2.29. The van der Waals surface area contributed by atoms with Crippen molar-refractivity contribution in [3.63, 3.8) is 0 Å². The molecular weight excluding hydrogens is 242 g/mol. The maximum absolute atomic E-state index is 6.13. The van der Waals surface area contributed by atoms with Crippen molar-refractivity contribution in [1.82, 2.24) is 10.1 Å². The third-order valence-electron chi connectivity index (χ3n) is 3.42. The smallest absolute Gasteiger partial charge is 0.223 e. The number of nitrogens with zero attached hydrogens (tertiary/aromatic N) is 2. The second-order valence-corrected chi connectivity index (χ2v) is 4.88. The van der Waals surface area contributed by atoms with Crippen LogP contribution >= 0.6 is 0 Å². The molecule has 0 amide bonds. The molecule has 1 aliphatic carbocycles. The largest absolute Gasteiger partial charge is 0.485 e. The normalized spacial score (nSPS) is 18.1. The van der Waals surface area contributed by atoms with Crippen molar-refractivity contribution in [2.75, 3.05) is 0 Å². The number of nitrogens with two attached hydrogens (primary N) is 1. The van der Waals surface area contributed by atoms with Gasteiger partial charge in [0.2, 0.25) is 11.7 Å². The summed E-state index contributed by atoms with van der Waals surface area (Å²) in [5.74, 6) is 1.91. The Balaban J connectivity index is 1.73. The minimum atomic E-state index is 0.125. The van der Waals surface area contributed by atoms with E-state index in [9.17, 15) is 0 Å².